The highest BCUT2D eigenvalue weighted by Gasteiger charge is 2.37. The van der Waals surface area contributed by atoms with Gasteiger partial charge in [0, 0.05) is 0 Å². The largest absolute Gasteiger partial charge is 0.246 e. The van der Waals surface area contributed by atoms with Crippen LogP contribution in [-0.2, 0) is 0 Å². The number of hydrogen-bond donors (Lipinski definition) is 0. The van der Waals surface area contributed by atoms with Gasteiger partial charge in [0.2, 0.25) is 0 Å². The van der Waals surface area contributed by atoms with Gasteiger partial charge in [0.25, 0.3) is 0 Å². The zero-order valence-corrected chi connectivity index (χ0v) is 3.19. The molecule has 0 bridgehead atoms. The smallest absolute Gasteiger partial charge is 0.117 e. The van der Waals surface area contributed by atoms with Crippen molar-refractivity contribution in [2.24, 2.45) is 5.92 Å². The zero-order chi connectivity index (χ0) is 4.57. The number of nitriles is 1. The molecule has 0 unspecified atom stereocenters. The van der Waals surface area contributed by atoms with Crippen LogP contribution in [0.4, 0.5) is 4.39 Å². The van der Waals surface area contributed by atoms with Gasteiger partial charge in [-0.15, -0.1) is 0 Å². The summed E-state index contributed by atoms with van der Waals surface area (Å²) < 4.78 is 11.6. The first-order chi connectivity index (χ1) is 2.84. The molecule has 0 spiro atoms. The maximum absolute atomic E-state index is 11.6. The monoisotopic (exact) mass is 85.0 g/mol. The first-order valence-electron chi connectivity index (χ1n) is 1.88. The molecular formula is C4H4FN. The van der Waals surface area contributed by atoms with Crippen molar-refractivity contribution in [3.63, 3.8) is 0 Å². The van der Waals surface area contributed by atoms with Crippen molar-refractivity contribution in [2.75, 3.05) is 0 Å². The lowest BCUT2D eigenvalue weighted by Crippen LogP contribution is -1.68. The summed E-state index contributed by atoms with van der Waals surface area (Å²) in [5.74, 6) is -0.259. The number of rotatable bonds is 0. The molecule has 32 valence electrons. The molecule has 6 heavy (non-hydrogen) atoms. The number of nitrogens with zero attached hydrogens (tertiary/aromatic N) is 1. The number of halogens is 1. The molecule has 0 heterocycles. The summed E-state index contributed by atoms with van der Waals surface area (Å²) in [6, 6.07) is 1.81. The standard InChI is InChI=1S/C4H4FN/c5-4-1-3(4)2-6/h3-4H,1H2/t3-,4-/m1/s1. The van der Waals surface area contributed by atoms with Crippen molar-refractivity contribution >= 4 is 0 Å². The Morgan fingerprint density at radius 1 is 1.83 bits per heavy atom. The summed E-state index contributed by atoms with van der Waals surface area (Å²) in [6.07, 6.45) is -0.328. The molecule has 0 aromatic rings. The van der Waals surface area contributed by atoms with Crippen LogP contribution in [-0.4, -0.2) is 6.17 Å². The number of alkyl halides is 1. The maximum Gasteiger partial charge on any atom is 0.117 e. The molecule has 2 heteroatoms. The molecule has 1 aliphatic rings. The predicted molar refractivity (Wildman–Crippen MR) is 18.6 cm³/mol. The highest BCUT2D eigenvalue weighted by Crippen LogP contribution is 2.32. The van der Waals surface area contributed by atoms with Crippen LogP contribution in [0.15, 0.2) is 0 Å². The summed E-state index contributed by atoms with van der Waals surface area (Å²) in [4.78, 5) is 0. The molecule has 1 nitrogen and oxygen atoms in total. The van der Waals surface area contributed by atoms with Gasteiger partial charge in [0.1, 0.15) is 6.17 Å². The van der Waals surface area contributed by atoms with Crippen LogP contribution >= 0.6 is 0 Å². The minimum Gasteiger partial charge on any atom is -0.246 e. The Balaban J connectivity index is 2.31. The topological polar surface area (TPSA) is 23.8 Å². The third kappa shape index (κ3) is 0.364. The Kier molecular flexibility index (Phi) is 0.564. The van der Waals surface area contributed by atoms with Crippen molar-refractivity contribution in [1.29, 1.82) is 5.26 Å². The van der Waals surface area contributed by atoms with E-state index in [9.17, 15) is 4.39 Å². The molecule has 1 rings (SSSR count). The molecule has 2 atom stereocenters. The molecule has 1 fully saturated rings. The minimum absolute atomic E-state index is 0.259. The fourth-order valence-electron chi connectivity index (χ4n) is 0.298. The van der Waals surface area contributed by atoms with Crippen LogP contribution in [0.2, 0.25) is 0 Å². The molecule has 0 radical (unpaired) electrons. The first kappa shape index (κ1) is 3.60. The molecule has 1 saturated carbocycles. The van der Waals surface area contributed by atoms with E-state index in [0.29, 0.717) is 6.42 Å². The summed E-state index contributed by atoms with van der Waals surface area (Å²) >= 11 is 0. The van der Waals surface area contributed by atoms with Gasteiger partial charge < -0.3 is 0 Å². The Morgan fingerprint density at radius 2 is 2.33 bits per heavy atom. The Morgan fingerprint density at radius 3 is 2.33 bits per heavy atom. The van der Waals surface area contributed by atoms with Crippen molar-refractivity contribution < 1.29 is 4.39 Å². The van der Waals surface area contributed by atoms with Gasteiger partial charge in [-0.2, -0.15) is 5.26 Å². The quantitative estimate of drug-likeness (QED) is 0.428. The summed E-state index contributed by atoms with van der Waals surface area (Å²) in [6.45, 7) is 0. The molecule has 0 aromatic heterocycles. The average molecular weight is 85.1 g/mol. The van der Waals surface area contributed by atoms with Gasteiger partial charge >= 0.3 is 0 Å². The van der Waals surface area contributed by atoms with Crippen LogP contribution < -0.4 is 0 Å². The van der Waals surface area contributed by atoms with E-state index in [4.69, 9.17) is 5.26 Å². The summed E-state index contributed by atoms with van der Waals surface area (Å²) in [7, 11) is 0. The van der Waals surface area contributed by atoms with E-state index >= 15 is 0 Å². The van der Waals surface area contributed by atoms with Gasteiger partial charge in [-0.05, 0) is 6.42 Å². The molecule has 0 saturated heterocycles. The lowest BCUT2D eigenvalue weighted by atomic mass is 10.5. The number of hydrogen-bond acceptors (Lipinski definition) is 1. The third-order valence-corrected chi connectivity index (χ3v) is 0.878. The second kappa shape index (κ2) is 0.939. The van der Waals surface area contributed by atoms with Gasteiger partial charge in [-0.25, -0.2) is 4.39 Å². The van der Waals surface area contributed by atoms with Crippen molar-refractivity contribution in [1.82, 2.24) is 0 Å². The van der Waals surface area contributed by atoms with Crippen LogP contribution in [0.25, 0.3) is 0 Å². The molecule has 0 amide bonds. The van der Waals surface area contributed by atoms with E-state index in [-0.39, 0.29) is 5.92 Å². The summed E-state index contributed by atoms with van der Waals surface area (Å²) in [5.41, 5.74) is 0. The van der Waals surface area contributed by atoms with E-state index < -0.39 is 6.17 Å². The fraction of sp³-hybridized carbons (Fsp3) is 0.750. The van der Waals surface area contributed by atoms with Crippen LogP contribution in [0.3, 0.4) is 0 Å². The maximum atomic E-state index is 11.6. The lowest BCUT2D eigenvalue weighted by molar-refractivity contribution is 0.465. The highest BCUT2D eigenvalue weighted by atomic mass is 19.1. The first-order valence-corrected chi connectivity index (χ1v) is 1.88. The van der Waals surface area contributed by atoms with Gasteiger partial charge in [0.05, 0.1) is 12.0 Å². The van der Waals surface area contributed by atoms with Crippen molar-refractivity contribution in [3.8, 4) is 6.07 Å². The Bertz CT molecular complexity index is 94.2. The Hall–Kier alpha value is -0.580. The van der Waals surface area contributed by atoms with Gasteiger partial charge in [-0.1, -0.05) is 0 Å². The second-order valence-corrected chi connectivity index (χ2v) is 1.49. The normalized spacial score (nSPS) is 41.3. The van der Waals surface area contributed by atoms with Gasteiger partial charge in [-0.3, -0.25) is 0 Å². The van der Waals surface area contributed by atoms with Crippen LogP contribution in [0.5, 0.6) is 0 Å². The predicted octanol–water partition coefficient (Wildman–Crippen LogP) is 0.868. The molecule has 0 aliphatic heterocycles. The SMILES string of the molecule is N#C[C@H]1C[C@H]1F. The lowest BCUT2D eigenvalue weighted by Gasteiger charge is -1.61. The zero-order valence-electron chi connectivity index (χ0n) is 3.19. The van der Waals surface area contributed by atoms with E-state index in [0.717, 1.165) is 0 Å². The van der Waals surface area contributed by atoms with E-state index in [2.05, 4.69) is 0 Å². The average Bonchev–Trinajstić information content (AvgIpc) is 2.19. The third-order valence-electron chi connectivity index (χ3n) is 0.878. The van der Waals surface area contributed by atoms with Gasteiger partial charge in [0.15, 0.2) is 0 Å². The summed E-state index contributed by atoms with van der Waals surface area (Å²) in [5, 5.41) is 7.89. The Labute approximate surface area is 35.4 Å². The van der Waals surface area contributed by atoms with E-state index in [1.54, 1.807) is 0 Å². The molecular weight excluding hydrogens is 81.0 g/mol. The van der Waals surface area contributed by atoms with Crippen molar-refractivity contribution in [3.05, 3.63) is 0 Å². The fourth-order valence-corrected chi connectivity index (χ4v) is 0.298. The molecule has 0 N–H and O–H groups in total. The highest BCUT2D eigenvalue weighted by molar-refractivity contribution is 5.01. The molecule has 0 aromatic carbocycles. The van der Waals surface area contributed by atoms with Crippen LogP contribution in [0.1, 0.15) is 6.42 Å². The molecule has 1 aliphatic carbocycles. The minimum atomic E-state index is -0.796. The van der Waals surface area contributed by atoms with Crippen molar-refractivity contribution in [2.45, 2.75) is 12.6 Å². The van der Waals surface area contributed by atoms with Crippen LogP contribution in [0, 0.1) is 17.2 Å². The second-order valence-electron chi connectivity index (χ2n) is 1.49. The van der Waals surface area contributed by atoms with E-state index in [1.807, 2.05) is 6.07 Å². The van der Waals surface area contributed by atoms with E-state index in [1.165, 1.54) is 0 Å².